The largest absolute Gasteiger partial charge is 0.481 e. The van der Waals surface area contributed by atoms with Crippen molar-refractivity contribution < 1.29 is 23.9 Å². The number of carboxylic acids is 1. The van der Waals surface area contributed by atoms with Gasteiger partial charge < -0.3 is 14.3 Å². The van der Waals surface area contributed by atoms with Gasteiger partial charge in [0.25, 0.3) is 0 Å². The first-order chi connectivity index (χ1) is 8.74. The number of unbranched alkanes of at least 4 members (excludes halogenated alkanes) is 2. The lowest BCUT2D eigenvalue weighted by Gasteiger charge is -2.29. The highest BCUT2D eigenvalue weighted by atomic mass is 16.5. The standard InChI is InChI=1S/C14H25NO4/c1-12(2)14(18)19-11-10-15(3,4)9-7-5-6-8-13(16)17/h1,5-11H2,2-4H3/p+1. The molecular weight excluding hydrogens is 246 g/mol. The van der Waals surface area contributed by atoms with E-state index in [4.69, 9.17) is 9.84 Å². The summed E-state index contributed by atoms with van der Waals surface area (Å²) in [6.07, 6.45) is 2.86. The number of ether oxygens (including phenoxy) is 1. The SMILES string of the molecule is C=C(C)C(=O)OCC[N+](C)(C)CCCCCC(=O)O. The maximum absolute atomic E-state index is 11.2. The summed E-state index contributed by atoms with van der Waals surface area (Å²) in [5.41, 5.74) is 0.416. The molecule has 19 heavy (non-hydrogen) atoms. The molecule has 0 rings (SSSR count). The Morgan fingerprint density at radius 3 is 2.32 bits per heavy atom. The summed E-state index contributed by atoms with van der Waals surface area (Å²) in [5, 5.41) is 8.53. The zero-order valence-corrected chi connectivity index (χ0v) is 12.3. The van der Waals surface area contributed by atoms with Crippen molar-refractivity contribution in [2.24, 2.45) is 0 Å². The van der Waals surface area contributed by atoms with E-state index in [1.54, 1.807) is 6.92 Å². The topological polar surface area (TPSA) is 63.6 Å². The predicted molar refractivity (Wildman–Crippen MR) is 73.7 cm³/mol. The Bertz CT molecular complexity index is 323. The molecule has 0 saturated carbocycles. The Kier molecular flexibility index (Phi) is 8.07. The maximum atomic E-state index is 11.2. The normalized spacial score (nSPS) is 11.1. The lowest BCUT2D eigenvalue weighted by molar-refractivity contribution is -0.890. The molecule has 110 valence electrons. The summed E-state index contributed by atoms with van der Waals surface area (Å²) in [5.74, 6) is -1.08. The molecule has 0 aliphatic carbocycles. The molecule has 1 N–H and O–H groups in total. The van der Waals surface area contributed by atoms with Gasteiger partial charge in [0.15, 0.2) is 0 Å². The molecule has 5 heteroatoms. The maximum Gasteiger partial charge on any atom is 0.333 e. The summed E-state index contributed by atoms with van der Waals surface area (Å²) in [6, 6.07) is 0. The number of carboxylic acid groups (broad SMARTS) is 1. The lowest BCUT2D eigenvalue weighted by Crippen LogP contribution is -2.43. The number of likely N-dealkylation sites (N-methyl/N-ethyl adjacent to an activating group) is 1. The van der Waals surface area contributed by atoms with Crippen LogP contribution in [-0.4, -0.2) is 55.3 Å². The molecule has 5 nitrogen and oxygen atoms in total. The van der Waals surface area contributed by atoms with Crippen LogP contribution >= 0.6 is 0 Å². The average molecular weight is 272 g/mol. The Labute approximate surface area is 115 Å². The molecule has 0 bridgehead atoms. The Hall–Kier alpha value is -1.36. The molecular formula is C14H26NO4+. The van der Waals surface area contributed by atoms with Crippen molar-refractivity contribution in [3.63, 3.8) is 0 Å². The molecule has 0 radical (unpaired) electrons. The van der Waals surface area contributed by atoms with Gasteiger partial charge >= 0.3 is 11.9 Å². The molecule has 0 amide bonds. The van der Waals surface area contributed by atoms with Crippen LogP contribution in [0.15, 0.2) is 12.2 Å². The zero-order valence-electron chi connectivity index (χ0n) is 12.3. The van der Waals surface area contributed by atoms with E-state index in [0.29, 0.717) is 12.2 Å². The number of esters is 1. The van der Waals surface area contributed by atoms with Gasteiger partial charge in [0.05, 0.1) is 20.6 Å². The Morgan fingerprint density at radius 2 is 1.79 bits per heavy atom. The van der Waals surface area contributed by atoms with Gasteiger partial charge in [0.1, 0.15) is 13.2 Å². The van der Waals surface area contributed by atoms with E-state index in [0.717, 1.165) is 36.8 Å². The van der Waals surface area contributed by atoms with Gasteiger partial charge in [-0.3, -0.25) is 4.79 Å². The van der Waals surface area contributed by atoms with Crippen LogP contribution in [0.3, 0.4) is 0 Å². The van der Waals surface area contributed by atoms with Crippen LogP contribution in [0.1, 0.15) is 32.6 Å². The second-order valence-corrected chi connectivity index (χ2v) is 5.50. The lowest BCUT2D eigenvalue weighted by atomic mass is 10.2. The number of carbonyl (C=O) groups is 2. The first-order valence-corrected chi connectivity index (χ1v) is 6.61. The predicted octanol–water partition coefficient (Wildman–Crippen LogP) is 1.83. The van der Waals surface area contributed by atoms with Crippen LogP contribution in [0.25, 0.3) is 0 Å². The summed E-state index contributed by atoms with van der Waals surface area (Å²) < 4.78 is 5.83. The molecule has 0 fully saturated rings. The zero-order chi connectivity index (χ0) is 14.9. The molecule has 0 atom stereocenters. The highest BCUT2D eigenvalue weighted by molar-refractivity contribution is 5.86. The number of aliphatic carboxylic acids is 1. The van der Waals surface area contributed by atoms with Gasteiger partial charge in [-0.1, -0.05) is 6.58 Å². The van der Waals surface area contributed by atoms with Crippen molar-refractivity contribution in [2.45, 2.75) is 32.6 Å². The van der Waals surface area contributed by atoms with E-state index in [9.17, 15) is 9.59 Å². The van der Waals surface area contributed by atoms with E-state index in [-0.39, 0.29) is 12.4 Å². The molecule has 0 aromatic heterocycles. The number of hydrogen-bond donors (Lipinski definition) is 1. The summed E-state index contributed by atoms with van der Waals surface area (Å²) >= 11 is 0. The number of carbonyl (C=O) groups excluding carboxylic acids is 1. The third-order valence-electron chi connectivity index (χ3n) is 2.93. The average Bonchev–Trinajstić information content (AvgIpc) is 2.27. The fourth-order valence-corrected chi connectivity index (χ4v) is 1.61. The van der Waals surface area contributed by atoms with Gasteiger partial charge in [-0.05, 0) is 26.2 Å². The van der Waals surface area contributed by atoms with Crippen molar-refractivity contribution in [2.75, 3.05) is 33.8 Å². The van der Waals surface area contributed by atoms with Gasteiger partial charge in [-0.2, -0.15) is 0 Å². The molecule has 0 spiro atoms. The number of hydrogen-bond acceptors (Lipinski definition) is 3. The monoisotopic (exact) mass is 272 g/mol. The second-order valence-electron chi connectivity index (χ2n) is 5.50. The van der Waals surface area contributed by atoms with Crippen LogP contribution in [0.2, 0.25) is 0 Å². The highest BCUT2D eigenvalue weighted by Crippen LogP contribution is 2.06. The fourth-order valence-electron chi connectivity index (χ4n) is 1.61. The van der Waals surface area contributed by atoms with Gasteiger partial charge in [-0.25, -0.2) is 4.79 Å². The van der Waals surface area contributed by atoms with Crippen molar-refractivity contribution in [3.05, 3.63) is 12.2 Å². The van der Waals surface area contributed by atoms with Gasteiger partial charge in [-0.15, -0.1) is 0 Å². The van der Waals surface area contributed by atoms with E-state index < -0.39 is 5.97 Å². The summed E-state index contributed by atoms with van der Waals surface area (Å²) in [6.45, 7) is 7.24. The van der Waals surface area contributed by atoms with Gasteiger partial charge in [0, 0.05) is 12.0 Å². The van der Waals surface area contributed by atoms with E-state index in [1.165, 1.54) is 0 Å². The van der Waals surface area contributed by atoms with Crippen LogP contribution in [0.5, 0.6) is 0 Å². The molecule has 0 unspecified atom stereocenters. The van der Waals surface area contributed by atoms with E-state index in [1.807, 2.05) is 0 Å². The Balaban J connectivity index is 3.71. The van der Waals surface area contributed by atoms with Crippen LogP contribution in [0, 0.1) is 0 Å². The minimum absolute atomic E-state index is 0.240. The summed E-state index contributed by atoms with van der Waals surface area (Å²) in [7, 11) is 4.15. The van der Waals surface area contributed by atoms with Crippen molar-refractivity contribution in [1.29, 1.82) is 0 Å². The van der Waals surface area contributed by atoms with E-state index in [2.05, 4.69) is 20.7 Å². The molecule has 0 saturated heterocycles. The molecule has 0 aromatic carbocycles. The van der Waals surface area contributed by atoms with Crippen LogP contribution in [-0.2, 0) is 14.3 Å². The number of rotatable bonds is 10. The minimum Gasteiger partial charge on any atom is -0.481 e. The second kappa shape index (κ2) is 8.69. The van der Waals surface area contributed by atoms with Crippen LogP contribution in [0.4, 0.5) is 0 Å². The molecule has 0 heterocycles. The number of nitrogens with zero attached hydrogens (tertiary/aromatic N) is 1. The first kappa shape index (κ1) is 17.6. The minimum atomic E-state index is -0.736. The fraction of sp³-hybridized carbons (Fsp3) is 0.714. The number of quaternary nitrogens is 1. The third-order valence-corrected chi connectivity index (χ3v) is 2.93. The molecule has 0 aliphatic heterocycles. The van der Waals surface area contributed by atoms with Crippen molar-refractivity contribution in [1.82, 2.24) is 0 Å². The van der Waals surface area contributed by atoms with Crippen molar-refractivity contribution in [3.8, 4) is 0 Å². The van der Waals surface area contributed by atoms with Gasteiger partial charge in [0.2, 0.25) is 0 Å². The van der Waals surface area contributed by atoms with E-state index >= 15 is 0 Å². The van der Waals surface area contributed by atoms with Crippen LogP contribution < -0.4 is 0 Å². The highest BCUT2D eigenvalue weighted by Gasteiger charge is 2.15. The third kappa shape index (κ3) is 10.3. The molecule has 0 aromatic rings. The summed E-state index contributed by atoms with van der Waals surface area (Å²) in [4.78, 5) is 21.6. The molecule has 0 aliphatic rings. The first-order valence-electron chi connectivity index (χ1n) is 6.61. The quantitative estimate of drug-likeness (QED) is 0.285. The smallest absolute Gasteiger partial charge is 0.333 e. The Morgan fingerprint density at radius 1 is 1.16 bits per heavy atom. The van der Waals surface area contributed by atoms with Crippen molar-refractivity contribution >= 4 is 11.9 Å².